The number of pyridine rings is 1. The first-order valence-corrected chi connectivity index (χ1v) is 5.47. The van der Waals surface area contributed by atoms with Gasteiger partial charge < -0.3 is 9.64 Å². The molecule has 1 saturated heterocycles. The largest absolute Gasteiger partial charge is 0.467 e. The minimum atomic E-state index is -0.295. The number of methoxy groups -OCH3 is 1. The average molecular weight is 231 g/mol. The normalized spacial score (nSPS) is 18.8. The van der Waals surface area contributed by atoms with Crippen LogP contribution in [0.25, 0.3) is 0 Å². The van der Waals surface area contributed by atoms with E-state index in [9.17, 15) is 4.79 Å². The third-order valence-corrected chi connectivity index (χ3v) is 2.93. The molecule has 1 aromatic rings. The van der Waals surface area contributed by atoms with E-state index in [4.69, 9.17) is 10.00 Å². The second-order valence-corrected chi connectivity index (χ2v) is 3.86. The van der Waals surface area contributed by atoms with Crippen LogP contribution in [-0.4, -0.2) is 30.6 Å². The van der Waals surface area contributed by atoms with E-state index < -0.39 is 0 Å². The first kappa shape index (κ1) is 11.4. The van der Waals surface area contributed by atoms with Crippen LogP contribution in [0, 0.1) is 11.3 Å². The van der Waals surface area contributed by atoms with Gasteiger partial charge in [-0.05, 0) is 25.0 Å². The Kier molecular flexibility index (Phi) is 3.24. The van der Waals surface area contributed by atoms with E-state index >= 15 is 0 Å². The molecule has 0 aromatic carbocycles. The van der Waals surface area contributed by atoms with E-state index in [0.717, 1.165) is 19.4 Å². The van der Waals surface area contributed by atoms with Crippen molar-refractivity contribution in [3.63, 3.8) is 0 Å². The van der Waals surface area contributed by atoms with Gasteiger partial charge in [0.25, 0.3) is 0 Å². The number of carbonyl (C=O) groups excluding carboxylic acids is 1. The monoisotopic (exact) mass is 231 g/mol. The van der Waals surface area contributed by atoms with Crippen molar-refractivity contribution in [3.8, 4) is 6.07 Å². The maximum atomic E-state index is 11.6. The summed E-state index contributed by atoms with van der Waals surface area (Å²) >= 11 is 0. The summed E-state index contributed by atoms with van der Waals surface area (Å²) in [4.78, 5) is 17.5. The van der Waals surface area contributed by atoms with Gasteiger partial charge in [-0.15, -0.1) is 0 Å². The molecule has 2 rings (SSSR count). The zero-order chi connectivity index (χ0) is 12.3. The minimum absolute atomic E-state index is 0.254. The Balaban J connectivity index is 2.33. The standard InChI is InChI=1S/C12H13N3O2/c1-17-12(16)11-5-3-7-15(11)10-4-2-6-14-9(10)8-13/h2,4,6,11H,3,5,7H2,1H3. The van der Waals surface area contributed by atoms with Crippen molar-refractivity contribution in [3.05, 3.63) is 24.0 Å². The molecule has 0 N–H and O–H groups in total. The van der Waals surface area contributed by atoms with Crippen molar-refractivity contribution >= 4 is 11.7 Å². The molecule has 1 unspecified atom stereocenters. The molecule has 1 aromatic heterocycles. The van der Waals surface area contributed by atoms with Gasteiger partial charge in [0.05, 0.1) is 12.8 Å². The van der Waals surface area contributed by atoms with Gasteiger partial charge in [0, 0.05) is 12.7 Å². The van der Waals surface area contributed by atoms with E-state index in [1.54, 1.807) is 12.3 Å². The number of rotatable bonds is 2. The highest BCUT2D eigenvalue weighted by Crippen LogP contribution is 2.27. The van der Waals surface area contributed by atoms with Gasteiger partial charge in [-0.25, -0.2) is 9.78 Å². The molecule has 0 spiro atoms. The summed E-state index contributed by atoms with van der Waals surface area (Å²) in [5, 5.41) is 9.01. The van der Waals surface area contributed by atoms with E-state index in [0.29, 0.717) is 11.4 Å². The molecule has 1 atom stereocenters. The minimum Gasteiger partial charge on any atom is -0.467 e. The predicted octanol–water partition coefficient (Wildman–Crippen LogP) is 1.10. The molecule has 1 aliphatic heterocycles. The van der Waals surface area contributed by atoms with Crippen LogP contribution in [0.3, 0.4) is 0 Å². The lowest BCUT2D eigenvalue weighted by atomic mass is 10.2. The lowest BCUT2D eigenvalue weighted by molar-refractivity contribution is -0.141. The van der Waals surface area contributed by atoms with E-state index in [2.05, 4.69) is 4.98 Å². The fraction of sp³-hybridized carbons (Fsp3) is 0.417. The number of esters is 1. The van der Waals surface area contributed by atoms with Gasteiger partial charge in [-0.1, -0.05) is 0 Å². The molecule has 5 nitrogen and oxygen atoms in total. The number of aromatic nitrogens is 1. The molecule has 1 aliphatic rings. The van der Waals surface area contributed by atoms with Crippen LogP contribution in [-0.2, 0) is 9.53 Å². The molecule has 17 heavy (non-hydrogen) atoms. The highest BCUT2D eigenvalue weighted by atomic mass is 16.5. The Bertz CT molecular complexity index is 467. The maximum absolute atomic E-state index is 11.6. The molecule has 0 radical (unpaired) electrons. The molecule has 88 valence electrons. The Morgan fingerprint density at radius 1 is 1.71 bits per heavy atom. The summed E-state index contributed by atoms with van der Waals surface area (Å²) in [6.45, 7) is 0.750. The molecular formula is C12H13N3O2. The summed E-state index contributed by atoms with van der Waals surface area (Å²) in [5.74, 6) is -0.254. The maximum Gasteiger partial charge on any atom is 0.328 e. The lowest BCUT2D eigenvalue weighted by Crippen LogP contribution is -2.37. The van der Waals surface area contributed by atoms with Crippen molar-refractivity contribution < 1.29 is 9.53 Å². The van der Waals surface area contributed by atoms with Crippen LogP contribution in [0.1, 0.15) is 18.5 Å². The molecule has 1 fully saturated rings. The SMILES string of the molecule is COC(=O)C1CCCN1c1cccnc1C#N. The van der Waals surface area contributed by atoms with Gasteiger partial charge in [0.2, 0.25) is 0 Å². The van der Waals surface area contributed by atoms with Crippen molar-refractivity contribution in [2.45, 2.75) is 18.9 Å². The number of anilines is 1. The number of hydrogen-bond donors (Lipinski definition) is 0. The van der Waals surface area contributed by atoms with Gasteiger partial charge in [0.15, 0.2) is 5.69 Å². The Morgan fingerprint density at radius 2 is 2.53 bits per heavy atom. The summed E-state index contributed by atoms with van der Waals surface area (Å²) in [6, 6.07) is 5.33. The zero-order valence-corrected chi connectivity index (χ0v) is 9.59. The third-order valence-electron chi connectivity index (χ3n) is 2.93. The van der Waals surface area contributed by atoms with Crippen molar-refractivity contribution in [1.82, 2.24) is 4.98 Å². The van der Waals surface area contributed by atoms with E-state index in [1.807, 2.05) is 17.0 Å². The molecule has 0 saturated carbocycles. The third kappa shape index (κ3) is 2.07. The van der Waals surface area contributed by atoms with E-state index in [-0.39, 0.29) is 12.0 Å². The molecule has 0 aliphatic carbocycles. The van der Waals surface area contributed by atoms with Crippen LogP contribution >= 0.6 is 0 Å². The van der Waals surface area contributed by atoms with Crippen molar-refractivity contribution in [1.29, 1.82) is 5.26 Å². The molecular weight excluding hydrogens is 218 g/mol. The van der Waals surface area contributed by atoms with Crippen LogP contribution in [0.5, 0.6) is 0 Å². The highest BCUT2D eigenvalue weighted by Gasteiger charge is 2.32. The van der Waals surface area contributed by atoms with E-state index in [1.165, 1.54) is 7.11 Å². The second-order valence-electron chi connectivity index (χ2n) is 3.86. The van der Waals surface area contributed by atoms with Crippen molar-refractivity contribution in [2.24, 2.45) is 0 Å². The lowest BCUT2D eigenvalue weighted by Gasteiger charge is -2.24. The number of ether oxygens (including phenoxy) is 1. The molecule has 0 amide bonds. The summed E-state index contributed by atoms with van der Waals surface area (Å²) in [6.07, 6.45) is 3.25. The molecule has 0 bridgehead atoms. The smallest absolute Gasteiger partial charge is 0.328 e. The number of nitrogens with zero attached hydrogens (tertiary/aromatic N) is 3. The van der Waals surface area contributed by atoms with Crippen LogP contribution in [0.4, 0.5) is 5.69 Å². The number of carbonyl (C=O) groups is 1. The highest BCUT2D eigenvalue weighted by molar-refractivity contribution is 5.81. The first-order valence-electron chi connectivity index (χ1n) is 5.47. The molecule has 2 heterocycles. The van der Waals surface area contributed by atoms with Gasteiger partial charge >= 0.3 is 5.97 Å². The number of hydrogen-bond acceptors (Lipinski definition) is 5. The summed E-state index contributed by atoms with van der Waals surface area (Å²) in [5.41, 5.74) is 1.06. The average Bonchev–Trinajstić information content (AvgIpc) is 2.86. The van der Waals surface area contributed by atoms with Crippen molar-refractivity contribution in [2.75, 3.05) is 18.6 Å². The van der Waals surface area contributed by atoms with Crippen LogP contribution in [0.15, 0.2) is 18.3 Å². The topological polar surface area (TPSA) is 66.2 Å². The first-order chi connectivity index (χ1) is 8.27. The van der Waals surface area contributed by atoms with Crippen LogP contribution < -0.4 is 4.90 Å². The van der Waals surface area contributed by atoms with Gasteiger partial charge in [-0.3, -0.25) is 0 Å². The quantitative estimate of drug-likeness (QED) is 0.713. The second kappa shape index (κ2) is 4.83. The van der Waals surface area contributed by atoms with Gasteiger partial charge in [-0.2, -0.15) is 5.26 Å². The Morgan fingerprint density at radius 3 is 3.24 bits per heavy atom. The molecule has 5 heteroatoms. The predicted molar refractivity (Wildman–Crippen MR) is 61.3 cm³/mol. The summed E-state index contributed by atoms with van der Waals surface area (Å²) < 4.78 is 4.78. The fourth-order valence-electron chi connectivity index (χ4n) is 2.15. The summed E-state index contributed by atoms with van der Waals surface area (Å²) in [7, 11) is 1.38. The number of nitriles is 1. The fourth-order valence-corrected chi connectivity index (χ4v) is 2.15. The van der Waals surface area contributed by atoms with Crippen LogP contribution in [0.2, 0.25) is 0 Å². The zero-order valence-electron chi connectivity index (χ0n) is 9.59. The Hall–Kier alpha value is -2.09. The van der Waals surface area contributed by atoms with Gasteiger partial charge in [0.1, 0.15) is 12.1 Å². The Labute approximate surface area is 99.6 Å².